The molecule has 1 heterocycles. The molecule has 20 heavy (non-hydrogen) atoms. The zero-order valence-corrected chi connectivity index (χ0v) is 12.9. The molecule has 0 saturated heterocycles. The van der Waals surface area contributed by atoms with Crippen LogP contribution in [0.15, 0.2) is 10.2 Å². The Bertz CT molecular complexity index is 639. The molecule has 1 amide bonds. The van der Waals surface area contributed by atoms with Gasteiger partial charge in [0, 0.05) is 11.1 Å². The van der Waals surface area contributed by atoms with Crippen LogP contribution in [-0.2, 0) is 21.4 Å². The second-order valence-corrected chi connectivity index (χ2v) is 7.84. The number of thiazole rings is 1. The monoisotopic (exact) mass is 318 g/mol. The van der Waals surface area contributed by atoms with E-state index in [1.165, 1.54) is 4.57 Å². The Balaban J connectivity index is 2.02. The van der Waals surface area contributed by atoms with E-state index in [1.807, 2.05) is 0 Å². The summed E-state index contributed by atoms with van der Waals surface area (Å²) in [5.41, 5.74) is 0.658. The van der Waals surface area contributed by atoms with Gasteiger partial charge in [-0.05, 0) is 19.8 Å². The van der Waals surface area contributed by atoms with E-state index >= 15 is 0 Å². The van der Waals surface area contributed by atoms with Crippen molar-refractivity contribution in [2.24, 2.45) is 0 Å². The number of carbonyl (C=O) groups excluding carboxylic acids is 1. The van der Waals surface area contributed by atoms with Crippen molar-refractivity contribution in [3.05, 3.63) is 20.7 Å². The third kappa shape index (κ3) is 3.49. The fourth-order valence-corrected chi connectivity index (χ4v) is 4.63. The molecule has 2 rings (SSSR count). The van der Waals surface area contributed by atoms with E-state index in [1.54, 1.807) is 12.3 Å². The summed E-state index contributed by atoms with van der Waals surface area (Å²) in [6.45, 7) is 1.46. The molecule has 1 saturated carbocycles. The molecule has 1 aliphatic carbocycles. The van der Waals surface area contributed by atoms with Gasteiger partial charge >= 0.3 is 4.87 Å². The third-order valence-electron chi connectivity index (χ3n) is 3.53. The number of nitrogens with zero attached hydrogens (tertiary/aromatic N) is 1. The SMILES string of the molecule is Cc1csc(=O)n1CC(=O)NS(=O)(=O)C1CCCCC1. The Hall–Kier alpha value is -1.15. The van der Waals surface area contributed by atoms with Gasteiger partial charge < -0.3 is 0 Å². The largest absolute Gasteiger partial charge is 0.307 e. The van der Waals surface area contributed by atoms with Gasteiger partial charge in [0.05, 0.1) is 5.25 Å². The Morgan fingerprint density at radius 1 is 1.40 bits per heavy atom. The molecule has 1 aliphatic rings. The van der Waals surface area contributed by atoms with Gasteiger partial charge in [-0.1, -0.05) is 30.6 Å². The fourth-order valence-electron chi connectivity index (χ4n) is 2.39. The minimum absolute atomic E-state index is 0.250. The molecule has 1 aromatic heterocycles. The number of hydrogen-bond acceptors (Lipinski definition) is 5. The van der Waals surface area contributed by atoms with Gasteiger partial charge in [-0.25, -0.2) is 8.42 Å². The molecule has 0 atom stereocenters. The van der Waals surface area contributed by atoms with Crippen LogP contribution in [0.3, 0.4) is 0 Å². The van der Waals surface area contributed by atoms with Crippen molar-refractivity contribution in [1.82, 2.24) is 9.29 Å². The van der Waals surface area contributed by atoms with Crippen LogP contribution in [-0.4, -0.2) is 24.1 Å². The lowest BCUT2D eigenvalue weighted by Crippen LogP contribution is -2.41. The first kappa shape index (κ1) is 15.2. The van der Waals surface area contributed by atoms with Crippen molar-refractivity contribution in [3.63, 3.8) is 0 Å². The van der Waals surface area contributed by atoms with Crippen LogP contribution in [0.5, 0.6) is 0 Å². The molecular weight excluding hydrogens is 300 g/mol. The van der Waals surface area contributed by atoms with E-state index in [-0.39, 0.29) is 11.4 Å². The lowest BCUT2D eigenvalue weighted by atomic mass is 10.0. The number of carbonyl (C=O) groups is 1. The van der Waals surface area contributed by atoms with Crippen molar-refractivity contribution in [1.29, 1.82) is 0 Å². The number of aryl methyl sites for hydroxylation is 1. The van der Waals surface area contributed by atoms with Gasteiger partial charge in [-0.3, -0.25) is 18.9 Å². The molecule has 6 nitrogen and oxygen atoms in total. The number of hydrogen-bond donors (Lipinski definition) is 1. The van der Waals surface area contributed by atoms with E-state index < -0.39 is 21.2 Å². The summed E-state index contributed by atoms with van der Waals surface area (Å²) in [4.78, 5) is 23.1. The number of amides is 1. The molecule has 0 bridgehead atoms. The van der Waals surface area contributed by atoms with E-state index in [4.69, 9.17) is 0 Å². The first-order chi connectivity index (χ1) is 9.40. The minimum Gasteiger partial charge on any atom is -0.294 e. The van der Waals surface area contributed by atoms with Gasteiger partial charge in [0.15, 0.2) is 0 Å². The van der Waals surface area contributed by atoms with Gasteiger partial charge in [-0.2, -0.15) is 0 Å². The number of nitrogens with one attached hydrogen (secondary N) is 1. The molecule has 0 aliphatic heterocycles. The van der Waals surface area contributed by atoms with Gasteiger partial charge in [0.2, 0.25) is 10.0 Å². The normalized spacial score (nSPS) is 17.1. The first-order valence-electron chi connectivity index (χ1n) is 6.59. The van der Waals surface area contributed by atoms with Crippen LogP contribution >= 0.6 is 11.3 Å². The quantitative estimate of drug-likeness (QED) is 0.897. The van der Waals surface area contributed by atoms with Crippen molar-refractivity contribution in [2.75, 3.05) is 0 Å². The predicted octanol–water partition coefficient (Wildman–Crippen LogP) is 0.997. The molecular formula is C12H18N2O4S2. The van der Waals surface area contributed by atoms with Crippen LogP contribution in [0.2, 0.25) is 0 Å². The molecule has 0 unspecified atom stereocenters. The van der Waals surface area contributed by atoms with E-state index in [2.05, 4.69) is 4.72 Å². The summed E-state index contributed by atoms with van der Waals surface area (Å²) in [7, 11) is -3.62. The zero-order chi connectivity index (χ0) is 14.8. The van der Waals surface area contributed by atoms with Crippen LogP contribution in [0.4, 0.5) is 0 Å². The van der Waals surface area contributed by atoms with Crippen molar-refractivity contribution in [3.8, 4) is 0 Å². The lowest BCUT2D eigenvalue weighted by molar-refractivity contribution is -0.120. The highest BCUT2D eigenvalue weighted by Gasteiger charge is 2.28. The zero-order valence-electron chi connectivity index (χ0n) is 11.3. The maximum Gasteiger partial charge on any atom is 0.307 e. The topological polar surface area (TPSA) is 85.2 Å². The second-order valence-electron chi connectivity index (χ2n) is 5.06. The van der Waals surface area contributed by atoms with Gasteiger partial charge in [-0.15, -0.1) is 0 Å². The number of sulfonamides is 1. The Morgan fingerprint density at radius 2 is 2.05 bits per heavy atom. The smallest absolute Gasteiger partial charge is 0.294 e. The van der Waals surface area contributed by atoms with E-state index in [9.17, 15) is 18.0 Å². The van der Waals surface area contributed by atoms with E-state index in [0.717, 1.165) is 30.6 Å². The molecule has 1 N–H and O–H groups in total. The van der Waals surface area contributed by atoms with Crippen molar-refractivity contribution in [2.45, 2.75) is 50.8 Å². The lowest BCUT2D eigenvalue weighted by Gasteiger charge is -2.21. The predicted molar refractivity (Wildman–Crippen MR) is 77.3 cm³/mol. The summed E-state index contributed by atoms with van der Waals surface area (Å²) in [6, 6.07) is 0. The molecule has 1 fully saturated rings. The summed E-state index contributed by atoms with van der Waals surface area (Å²) in [6.07, 6.45) is 4.00. The summed E-state index contributed by atoms with van der Waals surface area (Å²) in [5, 5.41) is 1.16. The second kappa shape index (κ2) is 6.09. The third-order valence-corrected chi connectivity index (χ3v) is 6.27. The molecule has 0 aromatic carbocycles. The maximum atomic E-state index is 12.1. The van der Waals surface area contributed by atoms with Gasteiger partial charge in [0.25, 0.3) is 5.91 Å². The Kier molecular flexibility index (Phi) is 4.64. The summed E-state index contributed by atoms with van der Waals surface area (Å²) >= 11 is 0.997. The number of rotatable bonds is 4. The van der Waals surface area contributed by atoms with Gasteiger partial charge in [0.1, 0.15) is 6.54 Å². The summed E-state index contributed by atoms with van der Waals surface area (Å²) < 4.78 is 27.5. The van der Waals surface area contributed by atoms with E-state index in [0.29, 0.717) is 18.5 Å². The summed E-state index contributed by atoms with van der Waals surface area (Å²) in [5.74, 6) is -0.654. The van der Waals surface area contributed by atoms with Crippen LogP contribution < -0.4 is 9.60 Å². The molecule has 0 spiro atoms. The van der Waals surface area contributed by atoms with Crippen LogP contribution in [0.25, 0.3) is 0 Å². The Morgan fingerprint density at radius 3 is 2.60 bits per heavy atom. The van der Waals surface area contributed by atoms with Crippen LogP contribution in [0, 0.1) is 6.92 Å². The standard InChI is InChI=1S/C12H18N2O4S2/c1-9-8-19-12(16)14(9)7-11(15)13-20(17,18)10-5-3-2-4-6-10/h8,10H,2-7H2,1H3,(H,13,15). The minimum atomic E-state index is -3.62. The molecule has 0 radical (unpaired) electrons. The highest BCUT2D eigenvalue weighted by molar-refractivity contribution is 7.90. The highest BCUT2D eigenvalue weighted by Crippen LogP contribution is 2.22. The first-order valence-corrected chi connectivity index (χ1v) is 9.02. The molecule has 1 aromatic rings. The maximum absolute atomic E-state index is 12.1. The van der Waals surface area contributed by atoms with Crippen LogP contribution in [0.1, 0.15) is 37.8 Å². The number of aromatic nitrogens is 1. The average molecular weight is 318 g/mol. The van der Waals surface area contributed by atoms with Crippen molar-refractivity contribution >= 4 is 27.3 Å². The van der Waals surface area contributed by atoms with Crippen molar-refractivity contribution < 1.29 is 13.2 Å². The fraction of sp³-hybridized carbons (Fsp3) is 0.667. The molecule has 112 valence electrons. The highest BCUT2D eigenvalue weighted by atomic mass is 32.2. The molecule has 8 heteroatoms. The average Bonchev–Trinajstić information content (AvgIpc) is 2.71. The Labute approximate surface area is 121 Å².